The van der Waals surface area contributed by atoms with E-state index in [1.807, 2.05) is 6.07 Å². The van der Waals surface area contributed by atoms with Crippen molar-refractivity contribution in [3.05, 3.63) is 50.4 Å². The highest BCUT2D eigenvalue weighted by Crippen LogP contribution is 2.39. The zero-order valence-electron chi connectivity index (χ0n) is 11.2. The largest absolute Gasteiger partial charge is 0.467 e. The molecule has 1 aliphatic heterocycles. The van der Waals surface area contributed by atoms with E-state index in [0.717, 1.165) is 5.56 Å². The highest BCUT2D eigenvalue weighted by Gasteiger charge is 2.21. The van der Waals surface area contributed by atoms with Crippen molar-refractivity contribution in [2.45, 2.75) is 13.5 Å². The predicted octanol–water partition coefficient (Wildman–Crippen LogP) is 2.74. The summed E-state index contributed by atoms with van der Waals surface area (Å²) in [6, 6.07) is 7.13. The fraction of sp³-hybridized carbons (Fsp3) is 0.200. The van der Waals surface area contributed by atoms with Gasteiger partial charge in [0.05, 0.1) is 6.61 Å². The second-order valence-corrected chi connectivity index (χ2v) is 5.17. The number of nitriles is 1. The molecule has 1 aromatic carbocycles. The average molecular weight is 303 g/mol. The zero-order chi connectivity index (χ0) is 15.0. The van der Waals surface area contributed by atoms with Gasteiger partial charge in [0.15, 0.2) is 6.79 Å². The van der Waals surface area contributed by atoms with Gasteiger partial charge < -0.3 is 14.5 Å². The van der Waals surface area contributed by atoms with Crippen molar-refractivity contribution >= 4 is 11.6 Å². The van der Waals surface area contributed by atoms with Crippen LogP contribution in [-0.4, -0.2) is 11.8 Å². The van der Waals surface area contributed by atoms with E-state index in [2.05, 4.69) is 4.98 Å². The number of hydrogen-bond acceptors (Lipinski definition) is 4. The number of fused-ring (bicyclic) bond motifs is 1. The first-order chi connectivity index (χ1) is 10.1. The molecular weight excluding hydrogens is 292 g/mol. The number of aryl methyl sites for hydroxylation is 1. The molecule has 0 aliphatic carbocycles. The molecule has 0 radical (unpaired) electrons. The molecule has 0 saturated heterocycles. The van der Waals surface area contributed by atoms with Gasteiger partial charge >= 0.3 is 0 Å². The number of ether oxygens (including phenoxy) is 2. The second kappa shape index (κ2) is 5.24. The fourth-order valence-electron chi connectivity index (χ4n) is 2.39. The van der Waals surface area contributed by atoms with Gasteiger partial charge in [-0.1, -0.05) is 11.6 Å². The minimum atomic E-state index is -0.423. The van der Waals surface area contributed by atoms with Gasteiger partial charge in [-0.2, -0.15) is 5.26 Å². The average Bonchev–Trinajstić information content (AvgIpc) is 2.45. The van der Waals surface area contributed by atoms with Crippen LogP contribution in [0.15, 0.2) is 23.0 Å². The Bertz CT molecular complexity index is 821. The molecule has 5 nitrogen and oxygen atoms in total. The fourth-order valence-corrected chi connectivity index (χ4v) is 2.63. The van der Waals surface area contributed by atoms with Crippen LogP contribution in [0.2, 0.25) is 5.02 Å². The summed E-state index contributed by atoms with van der Waals surface area (Å²) in [5.41, 5.74) is 2.22. The lowest BCUT2D eigenvalue weighted by Gasteiger charge is -2.21. The molecule has 0 fully saturated rings. The molecule has 0 unspecified atom stereocenters. The van der Waals surface area contributed by atoms with Gasteiger partial charge in [0.2, 0.25) is 0 Å². The number of aromatic nitrogens is 1. The topological polar surface area (TPSA) is 75.1 Å². The number of nitrogens with one attached hydrogen (secondary N) is 1. The number of pyridine rings is 1. The van der Waals surface area contributed by atoms with E-state index in [4.69, 9.17) is 21.1 Å². The Hall–Kier alpha value is -2.29. The van der Waals surface area contributed by atoms with Crippen LogP contribution in [0, 0.1) is 18.3 Å². The third-order valence-electron chi connectivity index (χ3n) is 3.24. The Balaban J connectivity index is 2.34. The Morgan fingerprint density at radius 2 is 2.14 bits per heavy atom. The summed E-state index contributed by atoms with van der Waals surface area (Å²) in [7, 11) is 0. The van der Waals surface area contributed by atoms with Gasteiger partial charge in [0.25, 0.3) is 5.56 Å². The smallest absolute Gasteiger partial charge is 0.266 e. The van der Waals surface area contributed by atoms with Crippen LogP contribution >= 0.6 is 11.6 Å². The van der Waals surface area contributed by atoms with Crippen LogP contribution in [-0.2, 0) is 11.3 Å². The Kier molecular flexibility index (Phi) is 3.42. The molecule has 1 aromatic heterocycles. The highest BCUT2D eigenvalue weighted by molar-refractivity contribution is 6.31. The van der Waals surface area contributed by atoms with Crippen LogP contribution in [0.3, 0.4) is 0 Å². The lowest BCUT2D eigenvalue weighted by Crippen LogP contribution is -2.15. The molecule has 0 bridgehead atoms. The van der Waals surface area contributed by atoms with E-state index < -0.39 is 5.56 Å². The predicted molar refractivity (Wildman–Crippen MR) is 77.2 cm³/mol. The Labute approximate surface area is 125 Å². The van der Waals surface area contributed by atoms with E-state index in [-0.39, 0.29) is 12.4 Å². The molecule has 106 valence electrons. The number of hydrogen-bond donors (Lipinski definition) is 1. The Morgan fingerprint density at radius 3 is 2.90 bits per heavy atom. The number of nitrogens with zero attached hydrogens (tertiary/aromatic N) is 1. The maximum Gasteiger partial charge on any atom is 0.266 e. The van der Waals surface area contributed by atoms with Crippen LogP contribution in [0.5, 0.6) is 5.75 Å². The van der Waals surface area contributed by atoms with Crippen molar-refractivity contribution in [2.24, 2.45) is 0 Å². The third kappa shape index (κ3) is 2.40. The van der Waals surface area contributed by atoms with Crippen LogP contribution in [0.1, 0.15) is 16.8 Å². The first-order valence-corrected chi connectivity index (χ1v) is 6.65. The first kappa shape index (κ1) is 13.7. The Morgan fingerprint density at radius 1 is 1.33 bits per heavy atom. The maximum atomic E-state index is 11.9. The van der Waals surface area contributed by atoms with Crippen molar-refractivity contribution < 1.29 is 9.47 Å². The summed E-state index contributed by atoms with van der Waals surface area (Å²) in [6.07, 6.45) is 0. The summed E-state index contributed by atoms with van der Waals surface area (Å²) < 4.78 is 10.8. The standard InChI is InChI=1S/C15H11ClN2O3/c1-8-2-11(13(5-17)15(19)18-8)12-4-10(16)3-9-6-20-7-21-14(9)12/h2-4H,6-7H2,1H3,(H,18,19). The SMILES string of the molecule is Cc1cc(-c2cc(Cl)cc3c2OCOC3)c(C#N)c(=O)[nH]1. The van der Waals surface area contributed by atoms with Gasteiger partial charge in [-0.3, -0.25) is 4.79 Å². The van der Waals surface area contributed by atoms with E-state index in [9.17, 15) is 10.1 Å². The quantitative estimate of drug-likeness (QED) is 0.879. The molecule has 0 saturated carbocycles. The van der Waals surface area contributed by atoms with Crippen molar-refractivity contribution in [1.82, 2.24) is 4.98 Å². The lowest BCUT2D eigenvalue weighted by atomic mass is 9.97. The minimum Gasteiger partial charge on any atom is -0.467 e. The molecular formula is C15H11ClN2O3. The lowest BCUT2D eigenvalue weighted by molar-refractivity contribution is -0.0159. The van der Waals surface area contributed by atoms with E-state index in [1.54, 1.807) is 25.1 Å². The third-order valence-corrected chi connectivity index (χ3v) is 3.46. The van der Waals surface area contributed by atoms with Gasteiger partial charge in [0.1, 0.15) is 17.4 Å². The number of benzene rings is 1. The number of aromatic amines is 1. The molecule has 2 heterocycles. The molecule has 3 rings (SSSR count). The van der Waals surface area contributed by atoms with E-state index in [1.165, 1.54) is 0 Å². The van der Waals surface area contributed by atoms with Gasteiger partial charge in [-0.25, -0.2) is 0 Å². The van der Waals surface area contributed by atoms with Crippen molar-refractivity contribution in [3.63, 3.8) is 0 Å². The maximum absolute atomic E-state index is 11.9. The van der Waals surface area contributed by atoms with Crippen molar-refractivity contribution in [2.75, 3.05) is 6.79 Å². The molecule has 1 aliphatic rings. The van der Waals surface area contributed by atoms with Crippen molar-refractivity contribution in [3.8, 4) is 22.9 Å². The summed E-state index contributed by atoms with van der Waals surface area (Å²) in [5, 5.41) is 9.76. The summed E-state index contributed by atoms with van der Waals surface area (Å²) in [5.74, 6) is 0.604. The number of rotatable bonds is 1. The van der Waals surface area contributed by atoms with Gasteiger partial charge in [-0.05, 0) is 25.1 Å². The molecule has 2 aromatic rings. The van der Waals surface area contributed by atoms with Gasteiger partial charge in [0, 0.05) is 27.4 Å². The molecule has 6 heteroatoms. The van der Waals surface area contributed by atoms with Crippen molar-refractivity contribution in [1.29, 1.82) is 5.26 Å². The van der Waals surface area contributed by atoms with E-state index >= 15 is 0 Å². The molecule has 1 N–H and O–H groups in total. The van der Waals surface area contributed by atoms with Gasteiger partial charge in [-0.15, -0.1) is 0 Å². The zero-order valence-corrected chi connectivity index (χ0v) is 12.0. The first-order valence-electron chi connectivity index (χ1n) is 6.27. The summed E-state index contributed by atoms with van der Waals surface area (Å²) in [6.45, 7) is 2.27. The monoisotopic (exact) mass is 302 g/mol. The normalized spacial score (nSPS) is 13.2. The second-order valence-electron chi connectivity index (χ2n) is 4.73. The molecule has 0 amide bonds. The number of H-pyrrole nitrogens is 1. The van der Waals surface area contributed by atoms with Crippen LogP contribution in [0.4, 0.5) is 0 Å². The van der Waals surface area contributed by atoms with Crippen LogP contribution < -0.4 is 10.3 Å². The molecule has 0 spiro atoms. The molecule has 0 atom stereocenters. The van der Waals surface area contributed by atoms with E-state index in [0.29, 0.717) is 34.2 Å². The van der Waals surface area contributed by atoms with Crippen LogP contribution in [0.25, 0.3) is 11.1 Å². The minimum absolute atomic E-state index is 0.0418. The number of halogens is 1. The highest BCUT2D eigenvalue weighted by atomic mass is 35.5. The summed E-state index contributed by atoms with van der Waals surface area (Å²) >= 11 is 6.13. The summed E-state index contributed by atoms with van der Waals surface area (Å²) in [4.78, 5) is 14.6. The molecule has 21 heavy (non-hydrogen) atoms.